The average molecular weight is 203 g/mol. The standard InChI is InChI=1S/C11H13N3O/c1-8(9-2-3-9)13-14-11(15)10-4-6-12-7-5-10/h4-7,9H,2-3H2,1H3,(H,14,15). The van der Waals surface area contributed by atoms with E-state index in [1.165, 1.54) is 12.8 Å². The zero-order valence-corrected chi connectivity index (χ0v) is 8.60. The van der Waals surface area contributed by atoms with Gasteiger partial charge in [0.1, 0.15) is 0 Å². The van der Waals surface area contributed by atoms with Gasteiger partial charge in [0.15, 0.2) is 0 Å². The summed E-state index contributed by atoms with van der Waals surface area (Å²) in [5, 5.41) is 4.06. The average Bonchev–Trinajstić information content (AvgIpc) is 3.10. The summed E-state index contributed by atoms with van der Waals surface area (Å²) in [6.07, 6.45) is 5.57. The number of aromatic nitrogens is 1. The van der Waals surface area contributed by atoms with Gasteiger partial charge in [-0.15, -0.1) is 0 Å². The predicted octanol–water partition coefficient (Wildman–Crippen LogP) is 1.60. The molecule has 0 aromatic carbocycles. The number of carbonyl (C=O) groups excluding carboxylic acids is 1. The second kappa shape index (κ2) is 4.21. The number of hydrogen-bond acceptors (Lipinski definition) is 3. The van der Waals surface area contributed by atoms with Gasteiger partial charge >= 0.3 is 0 Å². The molecule has 1 heterocycles. The van der Waals surface area contributed by atoms with E-state index >= 15 is 0 Å². The van der Waals surface area contributed by atoms with Gasteiger partial charge in [0.2, 0.25) is 0 Å². The zero-order valence-electron chi connectivity index (χ0n) is 8.60. The van der Waals surface area contributed by atoms with Crippen molar-refractivity contribution >= 4 is 11.6 Å². The molecule has 1 aliphatic carbocycles. The topological polar surface area (TPSA) is 54.4 Å². The van der Waals surface area contributed by atoms with Crippen LogP contribution in [0.4, 0.5) is 0 Å². The maximum absolute atomic E-state index is 11.5. The van der Waals surface area contributed by atoms with E-state index in [1.807, 2.05) is 6.92 Å². The van der Waals surface area contributed by atoms with Crippen molar-refractivity contribution in [2.24, 2.45) is 11.0 Å². The second-order valence-corrected chi connectivity index (χ2v) is 3.70. The molecular weight excluding hydrogens is 190 g/mol. The molecule has 78 valence electrons. The van der Waals surface area contributed by atoms with Crippen molar-refractivity contribution < 1.29 is 4.79 Å². The van der Waals surface area contributed by atoms with Crippen LogP contribution in [0.3, 0.4) is 0 Å². The normalized spacial score (nSPS) is 16.2. The molecule has 4 nitrogen and oxygen atoms in total. The quantitative estimate of drug-likeness (QED) is 0.599. The maximum Gasteiger partial charge on any atom is 0.271 e. The van der Waals surface area contributed by atoms with E-state index in [9.17, 15) is 4.79 Å². The van der Waals surface area contributed by atoms with Gasteiger partial charge in [-0.05, 0) is 37.8 Å². The molecule has 2 rings (SSSR count). The first-order chi connectivity index (χ1) is 7.27. The minimum Gasteiger partial charge on any atom is -0.267 e. The molecule has 1 saturated carbocycles. The van der Waals surface area contributed by atoms with Crippen LogP contribution in [-0.4, -0.2) is 16.6 Å². The van der Waals surface area contributed by atoms with Crippen LogP contribution < -0.4 is 5.43 Å². The summed E-state index contributed by atoms with van der Waals surface area (Å²) in [5.41, 5.74) is 4.13. The molecule has 1 amide bonds. The van der Waals surface area contributed by atoms with Gasteiger partial charge in [0, 0.05) is 23.7 Å². The first-order valence-corrected chi connectivity index (χ1v) is 5.02. The van der Waals surface area contributed by atoms with E-state index in [2.05, 4.69) is 15.5 Å². The summed E-state index contributed by atoms with van der Waals surface area (Å²) >= 11 is 0. The Labute approximate surface area is 88.4 Å². The van der Waals surface area contributed by atoms with Crippen LogP contribution in [0.15, 0.2) is 29.6 Å². The highest BCUT2D eigenvalue weighted by Gasteiger charge is 2.24. The van der Waals surface area contributed by atoms with Crippen LogP contribution in [0.25, 0.3) is 0 Å². The van der Waals surface area contributed by atoms with Crippen LogP contribution in [0.2, 0.25) is 0 Å². The molecule has 0 bridgehead atoms. The minimum absolute atomic E-state index is 0.183. The molecule has 0 saturated heterocycles. The van der Waals surface area contributed by atoms with Crippen LogP contribution in [0, 0.1) is 5.92 Å². The first-order valence-electron chi connectivity index (χ1n) is 5.02. The lowest BCUT2D eigenvalue weighted by molar-refractivity contribution is 0.0954. The molecule has 1 aliphatic rings. The fourth-order valence-corrected chi connectivity index (χ4v) is 1.30. The van der Waals surface area contributed by atoms with Gasteiger partial charge in [0.05, 0.1) is 0 Å². The fraction of sp³-hybridized carbons (Fsp3) is 0.364. The van der Waals surface area contributed by atoms with Gasteiger partial charge < -0.3 is 0 Å². The van der Waals surface area contributed by atoms with Crippen molar-refractivity contribution in [2.75, 3.05) is 0 Å². The van der Waals surface area contributed by atoms with Crippen LogP contribution in [0.1, 0.15) is 30.1 Å². The molecule has 0 aliphatic heterocycles. The SMILES string of the molecule is CC(=NNC(=O)c1ccncc1)C1CC1. The smallest absolute Gasteiger partial charge is 0.267 e. The maximum atomic E-state index is 11.5. The summed E-state index contributed by atoms with van der Waals surface area (Å²) in [7, 11) is 0. The Bertz CT molecular complexity index is 382. The second-order valence-electron chi connectivity index (χ2n) is 3.70. The van der Waals surface area contributed by atoms with E-state index in [0.717, 1.165) is 5.71 Å². The number of nitrogens with one attached hydrogen (secondary N) is 1. The van der Waals surface area contributed by atoms with Crippen molar-refractivity contribution in [2.45, 2.75) is 19.8 Å². The zero-order chi connectivity index (χ0) is 10.7. The molecule has 0 unspecified atom stereocenters. The van der Waals surface area contributed by atoms with Crippen molar-refractivity contribution in [3.05, 3.63) is 30.1 Å². The summed E-state index contributed by atoms with van der Waals surface area (Å²) in [6.45, 7) is 1.95. The van der Waals surface area contributed by atoms with Crippen LogP contribution in [0.5, 0.6) is 0 Å². The summed E-state index contributed by atoms with van der Waals surface area (Å²) in [6, 6.07) is 3.33. The lowest BCUT2D eigenvalue weighted by Crippen LogP contribution is -2.19. The molecule has 0 radical (unpaired) electrons. The summed E-state index contributed by atoms with van der Waals surface area (Å²) < 4.78 is 0. The molecule has 1 N–H and O–H groups in total. The number of pyridine rings is 1. The highest BCUT2D eigenvalue weighted by Crippen LogP contribution is 2.30. The minimum atomic E-state index is -0.183. The Hall–Kier alpha value is -1.71. The highest BCUT2D eigenvalue weighted by molar-refractivity contribution is 5.95. The van der Waals surface area contributed by atoms with Crippen molar-refractivity contribution in [3.8, 4) is 0 Å². The fourth-order valence-electron chi connectivity index (χ4n) is 1.30. The number of hydrogen-bond donors (Lipinski definition) is 1. The molecule has 1 fully saturated rings. The number of carbonyl (C=O) groups is 1. The first kappa shape index (κ1) is 9.83. The number of rotatable bonds is 3. The Balaban J connectivity index is 1.95. The monoisotopic (exact) mass is 203 g/mol. The van der Waals surface area contributed by atoms with Crippen LogP contribution >= 0.6 is 0 Å². The Kier molecular flexibility index (Phi) is 2.76. The van der Waals surface area contributed by atoms with Gasteiger partial charge in [-0.2, -0.15) is 5.10 Å². The van der Waals surface area contributed by atoms with Gasteiger partial charge in [-0.1, -0.05) is 0 Å². The van der Waals surface area contributed by atoms with E-state index in [4.69, 9.17) is 0 Å². The molecule has 1 aromatic rings. The highest BCUT2D eigenvalue weighted by atomic mass is 16.2. The van der Waals surface area contributed by atoms with Crippen molar-refractivity contribution in [1.82, 2.24) is 10.4 Å². The molecule has 0 atom stereocenters. The van der Waals surface area contributed by atoms with Gasteiger partial charge in [0.25, 0.3) is 5.91 Å². The van der Waals surface area contributed by atoms with E-state index in [0.29, 0.717) is 11.5 Å². The van der Waals surface area contributed by atoms with Crippen LogP contribution in [-0.2, 0) is 0 Å². The lowest BCUT2D eigenvalue weighted by atomic mass is 10.2. The molecule has 15 heavy (non-hydrogen) atoms. The third kappa shape index (κ3) is 2.62. The molecular formula is C11H13N3O. The number of hydrazone groups is 1. The largest absolute Gasteiger partial charge is 0.271 e. The number of nitrogens with zero attached hydrogens (tertiary/aromatic N) is 2. The lowest BCUT2D eigenvalue weighted by Gasteiger charge is -2.00. The van der Waals surface area contributed by atoms with Crippen molar-refractivity contribution in [3.63, 3.8) is 0 Å². The summed E-state index contributed by atoms with van der Waals surface area (Å²) in [4.78, 5) is 15.4. The molecule has 4 heteroatoms. The molecule has 0 spiro atoms. The van der Waals surface area contributed by atoms with Gasteiger partial charge in [-0.25, -0.2) is 5.43 Å². The number of amides is 1. The van der Waals surface area contributed by atoms with E-state index in [-0.39, 0.29) is 5.91 Å². The van der Waals surface area contributed by atoms with Gasteiger partial charge in [-0.3, -0.25) is 9.78 Å². The Morgan fingerprint density at radius 2 is 2.13 bits per heavy atom. The third-order valence-electron chi connectivity index (χ3n) is 2.44. The summed E-state index contributed by atoms with van der Waals surface area (Å²) in [5.74, 6) is 0.403. The van der Waals surface area contributed by atoms with Crippen molar-refractivity contribution in [1.29, 1.82) is 0 Å². The third-order valence-corrected chi connectivity index (χ3v) is 2.44. The predicted molar refractivity (Wildman–Crippen MR) is 57.5 cm³/mol. The van der Waals surface area contributed by atoms with E-state index in [1.54, 1.807) is 24.5 Å². The van der Waals surface area contributed by atoms with E-state index < -0.39 is 0 Å². The molecule has 1 aromatic heterocycles. The Morgan fingerprint density at radius 1 is 1.47 bits per heavy atom. The Morgan fingerprint density at radius 3 is 2.73 bits per heavy atom.